The summed E-state index contributed by atoms with van der Waals surface area (Å²) in [5.74, 6) is 0.715. The molecule has 1 aliphatic rings. The van der Waals surface area contributed by atoms with Crippen LogP contribution in [0, 0.1) is 0 Å². The molecule has 0 unspecified atom stereocenters. The van der Waals surface area contributed by atoms with E-state index in [9.17, 15) is 0 Å². The molecule has 0 radical (unpaired) electrons. The normalized spacial score (nSPS) is 26.9. The van der Waals surface area contributed by atoms with Gasteiger partial charge in [-0.2, -0.15) is 0 Å². The predicted molar refractivity (Wildman–Crippen MR) is 55.9 cm³/mol. The monoisotopic (exact) mass is 175 g/mol. The van der Waals surface area contributed by atoms with Gasteiger partial charge in [0.25, 0.3) is 0 Å². The number of benzene rings is 1. The van der Waals surface area contributed by atoms with Crippen molar-refractivity contribution in [3.8, 4) is 0 Å². The summed E-state index contributed by atoms with van der Waals surface area (Å²) in [4.78, 5) is 0. The Morgan fingerprint density at radius 3 is 2.69 bits per heavy atom. The molecule has 0 saturated carbocycles. The molecule has 0 fully saturated rings. The van der Waals surface area contributed by atoms with Gasteiger partial charge in [0, 0.05) is 12.6 Å². The van der Waals surface area contributed by atoms with Crippen molar-refractivity contribution in [2.24, 2.45) is 0 Å². The Morgan fingerprint density at radius 2 is 2.00 bits per heavy atom. The van der Waals surface area contributed by atoms with Crippen molar-refractivity contribution in [3.05, 3.63) is 35.4 Å². The molecular weight excluding hydrogens is 158 g/mol. The second kappa shape index (κ2) is 3.51. The summed E-state index contributed by atoms with van der Waals surface area (Å²) in [6.45, 7) is 5.64. The molecule has 2 rings (SSSR count). The lowest BCUT2D eigenvalue weighted by Gasteiger charge is -2.30. The van der Waals surface area contributed by atoms with Crippen LogP contribution >= 0.6 is 0 Å². The van der Waals surface area contributed by atoms with E-state index in [4.69, 9.17) is 0 Å². The number of rotatable bonds is 1. The Kier molecular flexibility index (Phi) is 2.36. The minimum atomic E-state index is 0.527. The highest BCUT2D eigenvalue weighted by molar-refractivity contribution is 5.35. The average molecular weight is 175 g/mol. The third-order valence-corrected chi connectivity index (χ3v) is 3.07. The highest BCUT2D eigenvalue weighted by Gasteiger charge is 2.21. The Labute approximate surface area is 80.2 Å². The maximum atomic E-state index is 3.54. The van der Waals surface area contributed by atoms with Crippen LogP contribution in [0.5, 0.6) is 0 Å². The maximum absolute atomic E-state index is 3.54. The van der Waals surface area contributed by atoms with Crippen LogP contribution in [0.25, 0.3) is 0 Å². The van der Waals surface area contributed by atoms with E-state index in [1.807, 2.05) is 0 Å². The van der Waals surface area contributed by atoms with Crippen molar-refractivity contribution in [2.75, 3.05) is 6.54 Å². The molecule has 0 bridgehead atoms. The van der Waals surface area contributed by atoms with E-state index in [1.54, 1.807) is 5.56 Å². The molecule has 13 heavy (non-hydrogen) atoms. The van der Waals surface area contributed by atoms with Crippen LogP contribution < -0.4 is 5.32 Å². The van der Waals surface area contributed by atoms with Gasteiger partial charge in [0.1, 0.15) is 0 Å². The number of fused-ring (bicyclic) bond motifs is 1. The van der Waals surface area contributed by atoms with E-state index in [0.717, 1.165) is 6.54 Å². The summed E-state index contributed by atoms with van der Waals surface area (Å²) in [7, 11) is 0. The summed E-state index contributed by atoms with van der Waals surface area (Å²) in [6.07, 6.45) is 1.23. The van der Waals surface area contributed by atoms with Gasteiger partial charge in [-0.3, -0.25) is 0 Å². The van der Waals surface area contributed by atoms with E-state index in [1.165, 1.54) is 12.0 Å². The first-order chi connectivity index (χ1) is 6.33. The summed E-state index contributed by atoms with van der Waals surface area (Å²) < 4.78 is 0. The summed E-state index contributed by atoms with van der Waals surface area (Å²) in [6, 6.07) is 9.34. The first-order valence-electron chi connectivity index (χ1n) is 5.15. The molecule has 70 valence electrons. The van der Waals surface area contributed by atoms with Gasteiger partial charge >= 0.3 is 0 Å². The Hall–Kier alpha value is -0.820. The predicted octanol–water partition coefficient (Wildman–Crippen LogP) is 2.84. The van der Waals surface area contributed by atoms with Crippen molar-refractivity contribution in [2.45, 2.75) is 32.2 Å². The van der Waals surface area contributed by atoms with Gasteiger partial charge in [-0.05, 0) is 30.4 Å². The zero-order valence-corrected chi connectivity index (χ0v) is 8.38. The van der Waals surface area contributed by atoms with Crippen LogP contribution in [0.4, 0.5) is 0 Å². The third kappa shape index (κ3) is 1.49. The first-order valence-corrected chi connectivity index (χ1v) is 5.15. The van der Waals surface area contributed by atoms with E-state index < -0.39 is 0 Å². The van der Waals surface area contributed by atoms with Gasteiger partial charge in [-0.25, -0.2) is 0 Å². The molecule has 2 atom stereocenters. The van der Waals surface area contributed by atoms with Gasteiger partial charge in [0.2, 0.25) is 0 Å². The fraction of sp³-hybridized carbons (Fsp3) is 0.500. The lowest BCUT2D eigenvalue weighted by Crippen LogP contribution is -2.31. The largest absolute Gasteiger partial charge is 0.310 e. The second-order valence-corrected chi connectivity index (χ2v) is 3.86. The maximum Gasteiger partial charge on any atom is 0.0294 e. The van der Waals surface area contributed by atoms with Crippen molar-refractivity contribution < 1.29 is 0 Å². The molecule has 0 aromatic heterocycles. The smallest absolute Gasteiger partial charge is 0.0294 e. The highest BCUT2D eigenvalue weighted by Crippen LogP contribution is 2.31. The molecule has 1 aromatic rings. The number of hydrogen-bond donors (Lipinski definition) is 1. The van der Waals surface area contributed by atoms with Gasteiger partial charge in [-0.15, -0.1) is 0 Å². The van der Waals surface area contributed by atoms with Crippen LogP contribution in [0.3, 0.4) is 0 Å². The van der Waals surface area contributed by atoms with E-state index in [-0.39, 0.29) is 0 Å². The second-order valence-electron chi connectivity index (χ2n) is 3.86. The Balaban J connectivity index is 2.42. The van der Waals surface area contributed by atoms with Crippen molar-refractivity contribution in [1.82, 2.24) is 5.32 Å². The van der Waals surface area contributed by atoms with Crippen LogP contribution in [0.1, 0.15) is 43.4 Å². The standard InChI is InChI=1S/C12H17N/c1-3-10-8-13-9(2)11-6-4-5-7-12(10)11/h4-7,9-10,13H,3,8H2,1-2H3/t9-,10-/m0/s1. The molecule has 1 nitrogen and oxygen atoms in total. The van der Waals surface area contributed by atoms with Crippen molar-refractivity contribution in [1.29, 1.82) is 0 Å². The summed E-state index contributed by atoms with van der Waals surface area (Å²) in [5.41, 5.74) is 3.04. The molecule has 1 heteroatoms. The summed E-state index contributed by atoms with van der Waals surface area (Å²) >= 11 is 0. The molecule has 1 aromatic carbocycles. The van der Waals surface area contributed by atoms with E-state index >= 15 is 0 Å². The van der Waals surface area contributed by atoms with Gasteiger partial charge in [0.15, 0.2) is 0 Å². The highest BCUT2D eigenvalue weighted by atomic mass is 14.9. The molecular formula is C12H17N. The molecule has 0 saturated heterocycles. The SMILES string of the molecule is CC[C@H]1CN[C@@H](C)c2ccccc21. The minimum absolute atomic E-state index is 0.527. The zero-order chi connectivity index (χ0) is 9.26. The van der Waals surface area contributed by atoms with E-state index in [0.29, 0.717) is 12.0 Å². The minimum Gasteiger partial charge on any atom is -0.310 e. The van der Waals surface area contributed by atoms with E-state index in [2.05, 4.69) is 43.4 Å². The Bertz CT molecular complexity index is 293. The summed E-state index contributed by atoms with van der Waals surface area (Å²) in [5, 5.41) is 3.54. The lowest BCUT2D eigenvalue weighted by atomic mass is 9.86. The molecule has 1 aliphatic heterocycles. The topological polar surface area (TPSA) is 12.0 Å². The molecule has 0 spiro atoms. The zero-order valence-electron chi connectivity index (χ0n) is 8.38. The lowest BCUT2D eigenvalue weighted by molar-refractivity contribution is 0.469. The number of hydrogen-bond acceptors (Lipinski definition) is 1. The quantitative estimate of drug-likeness (QED) is 0.692. The fourth-order valence-corrected chi connectivity index (χ4v) is 2.18. The average Bonchev–Trinajstić information content (AvgIpc) is 2.19. The molecule has 1 N–H and O–H groups in total. The Morgan fingerprint density at radius 1 is 1.31 bits per heavy atom. The number of nitrogens with one attached hydrogen (secondary N) is 1. The van der Waals surface area contributed by atoms with Crippen LogP contribution in [0.2, 0.25) is 0 Å². The van der Waals surface area contributed by atoms with Crippen LogP contribution in [0.15, 0.2) is 24.3 Å². The van der Waals surface area contributed by atoms with Gasteiger partial charge in [-0.1, -0.05) is 31.2 Å². The van der Waals surface area contributed by atoms with Gasteiger partial charge < -0.3 is 5.32 Å². The molecule has 0 amide bonds. The fourth-order valence-electron chi connectivity index (χ4n) is 2.18. The molecule has 1 heterocycles. The van der Waals surface area contributed by atoms with Crippen LogP contribution in [-0.4, -0.2) is 6.54 Å². The molecule has 0 aliphatic carbocycles. The van der Waals surface area contributed by atoms with Crippen LogP contribution in [-0.2, 0) is 0 Å². The third-order valence-electron chi connectivity index (χ3n) is 3.07. The van der Waals surface area contributed by atoms with Crippen molar-refractivity contribution in [3.63, 3.8) is 0 Å². The van der Waals surface area contributed by atoms with Gasteiger partial charge in [0.05, 0.1) is 0 Å². The van der Waals surface area contributed by atoms with Crippen molar-refractivity contribution >= 4 is 0 Å². The first kappa shape index (κ1) is 8.76.